The molecule has 0 atom stereocenters. The fourth-order valence-electron chi connectivity index (χ4n) is 3.05. The normalized spacial score (nSPS) is 17.6. The molecule has 0 spiro atoms. The van der Waals surface area contributed by atoms with E-state index in [-0.39, 0.29) is 29.5 Å². The fourth-order valence-corrected chi connectivity index (χ4v) is 3.05. The van der Waals surface area contributed by atoms with Gasteiger partial charge in [0, 0.05) is 5.92 Å². The molecule has 1 aliphatic heterocycles. The van der Waals surface area contributed by atoms with Gasteiger partial charge in [-0.1, -0.05) is 36.5 Å². The number of carbonyl (C=O) groups is 4. The van der Waals surface area contributed by atoms with Crippen molar-refractivity contribution in [2.45, 2.75) is 32.1 Å². The van der Waals surface area contributed by atoms with Gasteiger partial charge in [0.05, 0.1) is 11.1 Å². The number of hydrogen-bond donors (Lipinski definition) is 1. The third-order valence-corrected chi connectivity index (χ3v) is 4.33. The Bertz CT molecular complexity index is 659. The SMILES string of the molecule is O=C(CNC(=O)C1CCCCC1)ON1C(=O)c2ccccc2C1=O. The maximum absolute atomic E-state index is 12.1. The second kappa shape index (κ2) is 6.82. The van der Waals surface area contributed by atoms with Crippen LogP contribution < -0.4 is 5.32 Å². The number of hydrogen-bond acceptors (Lipinski definition) is 5. The summed E-state index contributed by atoms with van der Waals surface area (Å²) < 4.78 is 0. The van der Waals surface area contributed by atoms with E-state index in [0.29, 0.717) is 5.06 Å². The number of hydroxylamine groups is 2. The Balaban J connectivity index is 1.53. The molecule has 126 valence electrons. The minimum atomic E-state index is -0.853. The van der Waals surface area contributed by atoms with E-state index in [9.17, 15) is 19.2 Å². The Morgan fingerprint density at radius 1 is 1.04 bits per heavy atom. The van der Waals surface area contributed by atoms with Crippen LogP contribution in [0.3, 0.4) is 0 Å². The van der Waals surface area contributed by atoms with Crippen molar-refractivity contribution in [3.63, 3.8) is 0 Å². The first kappa shape index (κ1) is 16.2. The summed E-state index contributed by atoms with van der Waals surface area (Å²) in [5.41, 5.74) is 0.392. The van der Waals surface area contributed by atoms with Gasteiger partial charge in [-0.25, -0.2) is 4.79 Å². The summed E-state index contributed by atoms with van der Waals surface area (Å²) in [6.45, 7) is -0.372. The van der Waals surface area contributed by atoms with E-state index >= 15 is 0 Å². The number of imide groups is 1. The van der Waals surface area contributed by atoms with Crippen molar-refractivity contribution >= 4 is 23.7 Å². The Hall–Kier alpha value is -2.70. The van der Waals surface area contributed by atoms with Crippen LogP contribution in [0.25, 0.3) is 0 Å². The molecular formula is C17H18N2O5. The molecule has 0 radical (unpaired) electrons. The van der Waals surface area contributed by atoms with Crippen LogP contribution in [0.2, 0.25) is 0 Å². The molecule has 7 heteroatoms. The average molecular weight is 330 g/mol. The number of nitrogens with one attached hydrogen (secondary N) is 1. The highest BCUT2D eigenvalue weighted by atomic mass is 16.7. The van der Waals surface area contributed by atoms with Crippen LogP contribution in [0, 0.1) is 5.92 Å². The Labute approximate surface area is 138 Å². The van der Waals surface area contributed by atoms with Gasteiger partial charge in [-0.15, -0.1) is 0 Å². The fraction of sp³-hybridized carbons (Fsp3) is 0.412. The van der Waals surface area contributed by atoms with Gasteiger partial charge in [0.1, 0.15) is 6.54 Å². The van der Waals surface area contributed by atoms with E-state index in [1.165, 1.54) is 12.1 Å². The van der Waals surface area contributed by atoms with E-state index in [2.05, 4.69) is 5.32 Å². The minimum absolute atomic E-state index is 0.0779. The van der Waals surface area contributed by atoms with Gasteiger partial charge in [-0.05, 0) is 25.0 Å². The molecule has 3 rings (SSSR count). The second-order valence-corrected chi connectivity index (χ2v) is 5.97. The van der Waals surface area contributed by atoms with Crippen LogP contribution in [-0.2, 0) is 14.4 Å². The van der Waals surface area contributed by atoms with Crippen molar-refractivity contribution in [1.82, 2.24) is 10.4 Å². The Kier molecular flexibility index (Phi) is 4.59. The van der Waals surface area contributed by atoms with E-state index in [0.717, 1.165) is 32.1 Å². The summed E-state index contributed by atoms with van der Waals surface area (Å²) >= 11 is 0. The molecule has 1 fully saturated rings. The summed E-state index contributed by atoms with van der Waals surface area (Å²) in [6, 6.07) is 6.24. The molecule has 2 aliphatic rings. The molecule has 1 aliphatic carbocycles. The maximum Gasteiger partial charge on any atom is 0.352 e. The monoisotopic (exact) mass is 330 g/mol. The van der Waals surface area contributed by atoms with Crippen molar-refractivity contribution in [2.24, 2.45) is 5.92 Å². The average Bonchev–Trinajstić information content (AvgIpc) is 2.86. The molecule has 0 saturated heterocycles. The standard InChI is InChI=1S/C17H18N2O5/c20-14(10-18-15(21)11-6-2-1-3-7-11)24-19-16(22)12-8-4-5-9-13(12)17(19)23/h4-5,8-9,11H,1-3,6-7,10H2,(H,18,21). The third kappa shape index (κ3) is 3.15. The number of benzene rings is 1. The Morgan fingerprint density at radius 2 is 1.62 bits per heavy atom. The van der Waals surface area contributed by atoms with Crippen LogP contribution in [-0.4, -0.2) is 35.3 Å². The van der Waals surface area contributed by atoms with Gasteiger partial charge in [0.25, 0.3) is 11.8 Å². The second-order valence-electron chi connectivity index (χ2n) is 5.97. The summed E-state index contributed by atoms with van der Waals surface area (Å²) in [4.78, 5) is 52.8. The van der Waals surface area contributed by atoms with Gasteiger partial charge in [0.2, 0.25) is 5.91 Å². The van der Waals surface area contributed by atoms with Gasteiger partial charge in [-0.3, -0.25) is 14.4 Å². The molecule has 1 saturated carbocycles. The zero-order valence-corrected chi connectivity index (χ0v) is 13.1. The lowest BCUT2D eigenvalue weighted by atomic mass is 9.89. The Morgan fingerprint density at radius 3 is 2.21 bits per heavy atom. The van der Waals surface area contributed by atoms with Crippen LogP contribution in [0.5, 0.6) is 0 Å². The lowest BCUT2D eigenvalue weighted by Gasteiger charge is -2.20. The molecule has 3 amide bonds. The smallest absolute Gasteiger partial charge is 0.345 e. The topological polar surface area (TPSA) is 92.8 Å². The van der Waals surface area contributed by atoms with Crippen LogP contribution >= 0.6 is 0 Å². The molecule has 0 aromatic heterocycles. The van der Waals surface area contributed by atoms with E-state index in [4.69, 9.17) is 4.84 Å². The van der Waals surface area contributed by atoms with Gasteiger partial charge in [0.15, 0.2) is 0 Å². The molecule has 0 unspecified atom stereocenters. The predicted molar refractivity (Wildman–Crippen MR) is 82.6 cm³/mol. The van der Waals surface area contributed by atoms with Crippen molar-refractivity contribution in [1.29, 1.82) is 0 Å². The molecule has 1 aromatic rings. The number of fused-ring (bicyclic) bond motifs is 1. The lowest BCUT2D eigenvalue weighted by molar-refractivity contribution is -0.167. The predicted octanol–water partition coefficient (Wildman–Crippen LogP) is 1.44. The van der Waals surface area contributed by atoms with Gasteiger partial charge >= 0.3 is 5.97 Å². The zero-order chi connectivity index (χ0) is 17.1. The highest BCUT2D eigenvalue weighted by Gasteiger charge is 2.38. The van der Waals surface area contributed by atoms with E-state index < -0.39 is 17.8 Å². The van der Waals surface area contributed by atoms with Crippen molar-refractivity contribution < 1.29 is 24.0 Å². The largest absolute Gasteiger partial charge is 0.352 e. The molecule has 1 heterocycles. The van der Waals surface area contributed by atoms with Crippen LogP contribution in [0.1, 0.15) is 52.8 Å². The number of nitrogens with zero attached hydrogens (tertiary/aromatic N) is 1. The number of carbonyl (C=O) groups excluding carboxylic acids is 4. The van der Waals surface area contributed by atoms with Crippen LogP contribution in [0.4, 0.5) is 0 Å². The first-order valence-electron chi connectivity index (χ1n) is 8.04. The van der Waals surface area contributed by atoms with Crippen molar-refractivity contribution in [3.05, 3.63) is 35.4 Å². The van der Waals surface area contributed by atoms with Crippen molar-refractivity contribution in [3.8, 4) is 0 Å². The number of rotatable bonds is 4. The molecular weight excluding hydrogens is 312 g/mol. The van der Waals surface area contributed by atoms with Gasteiger partial charge < -0.3 is 10.2 Å². The molecule has 7 nitrogen and oxygen atoms in total. The summed E-state index contributed by atoms with van der Waals surface area (Å²) in [5.74, 6) is -2.47. The molecule has 1 aromatic carbocycles. The zero-order valence-electron chi connectivity index (χ0n) is 13.1. The lowest BCUT2D eigenvalue weighted by Crippen LogP contribution is -2.40. The quantitative estimate of drug-likeness (QED) is 0.843. The minimum Gasteiger partial charge on any atom is -0.345 e. The third-order valence-electron chi connectivity index (χ3n) is 4.33. The van der Waals surface area contributed by atoms with Crippen LogP contribution in [0.15, 0.2) is 24.3 Å². The van der Waals surface area contributed by atoms with Gasteiger partial charge in [-0.2, -0.15) is 0 Å². The first-order chi connectivity index (χ1) is 11.6. The summed E-state index contributed by atoms with van der Waals surface area (Å²) in [5, 5.41) is 2.96. The van der Waals surface area contributed by atoms with Crippen molar-refractivity contribution in [2.75, 3.05) is 6.54 Å². The summed E-state index contributed by atoms with van der Waals surface area (Å²) in [7, 11) is 0. The highest BCUT2D eigenvalue weighted by Crippen LogP contribution is 2.24. The highest BCUT2D eigenvalue weighted by molar-refractivity contribution is 6.20. The molecule has 0 bridgehead atoms. The van der Waals surface area contributed by atoms with E-state index in [1.54, 1.807) is 12.1 Å². The maximum atomic E-state index is 12.1. The molecule has 24 heavy (non-hydrogen) atoms. The van der Waals surface area contributed by atoms with E-state index in [1.807, 2.05) is 0 Å². The summed E-state index contributed by atoms with van der Waals surface area (Å²) in [6.07, 6.45) is 4.79. The molecule has 1 N–H and O–H groups in total. The number of amides is 3. The first-order valence-corrected chi connectivity index (χ1v) is 8.04.